The quantitative estimate of drug-likeness (QED) is 0.282. The van der Waals surface area contributed by atoms with E-state index in [1.807, 2.05) is 6.92 Å². The van der Waals surface area contributed by atoms with Gasteiger partial charge in [0.1, 0.15) is 12.2 Å². The van der Waals surface area contributed by atoms with E-state index < -0.39 is 5.97 Å². The number of hydrogen-bond acceptors (Lipinski definition) is 7. The lowest BCUT2D eigenvalue weighted by Gasteiger charge is -2.41. The van der Waals surface area contributed by atoms with Gasteiger partial charge in [0.2, 0.25) is 6.23 Å². The number of quaternary nitrogens is 1. The number of ether oxygens (including phenoxy) is 2. The van der Waals surface area contributed by atoms with Crippen molar-refractivity contribution in [2.45, 2.75) is 71.4 Å². The molecule has 0 aliphatic carbocycles. The normalized spacial score (nSPS) is 19.8. The molecule has 168 valence electrons. The lowest BCUT2D eigenvalue weighted by Crippen LogP contribution is -2.55. The van der Waals surface area contributed by atoms with Gasteiger partial charge < -0.3 is 14.6 Å². The molecule has 2 rings (SSSR count). The standard InChI is InChI=1S/C21H33N3O5S/c1-4-5-6-7-14-28-21-20(22-30-23-21)17-10-9-13-24(3,15-17)16(2)29-19(27)12-8-11-18(25)26/h10,16H,4-9,11-15H2,1-3H3/p+1. The van der Waals surface area contributed by atoms with E-state index in [2.05, 4.69) is 28.8 Å². The Kier molecular flexibility index (Phi) is 9.71. The van der Waals surface area contributed by atoms with E-state index in [-0.39, 0.29) is 25.0 Å². The summed E-state index contributed by atoms with van der Waals surface area (Å²) in [6.45, 7) is 6.23. The second kappa shape index (κ2) is 12.0. The van der Waals surface area contributed by atoms with Crippen molar-refractivity contribution in [3.63, 3.8) is 0 Å². The molecule has 0 saturated heterocycles. The van der Waals surface area contributed by atoms with Crippen molar-refractivity contribution in [2.24, 2.45) is 0 Å². The van der Waals surface area contributed by atoms with Crippen LogP contribution in [0.4, 0.5) is 0 Å². The Bertz CT molecular complexity index is 736. The van der Waals surface area contributed by atoms with E-state index in [0.717, 1.165) is 48.8 Å². The molecular weight excluding hydrogens is 406 g/mol. The first-order chi connectivity index (χ1) is 14.4. The van der Waals surface area contributed by atoms with Crippen LogP contribution < -0.4 is 4.74 Å². The summed E-state index contributed by atoms with van der Waals surface area (Å²) in [6.07, 6.45) is 7.61. The number of carboxylic acids is 1. The molecule has 1 aliphatic heterocycles. The zero-order chi connectivity index (χ0) is 22.0. The van der Waals surface area contributed by atoms with Gasteiger partial charge >= 0.3 is 11.9 Å². The molecule has 0 saturated carbocycles. The highest BCUT2D eigenvalue weighted by molar-refractivity contribution is 6.99. The van der Waals surface area contributed by atoms with Crippen LogP contribution in [0.1, 0.15) is 70.9 Å². The Labute approximate surface area is 182 Å². The summed E-state index contributed by atoms with van der Waals surface area (Å²) in [7, 11) is 2.06. The maximum Gasteiger partial charge on any atom is 0.310 e. The summed E-state index contributed by atoms with van der Waals surface area (Å²) in [4.78, 5) is 22.7. The van der Waals surface area contributed by atoms with Crippen LogP contribution >= 0.6 is 11.7 Å². The number of likely N-dealkylation sites (N-methyl/N-ethyl adjacent to an activating group) is 1. The van der Waals surface area contributed by atoms with Gasteiger partial charge in [-0.2, -0.15) is 4.37 Å². The molecule has 2 heterocycles. The number of rotatable bonds is 13. The lowest BCUT2D eigenvalue weighted by atomic mass is 10.0. The number of aliphatic carboxylic acids is 1. The Morgan fingerprint density at radius 1 is 1.23 bits per heavy atom. The van der Waals surface area contributed by atoms with E-state index >= 15 is 0 Å². The Hall–Kier alpha value is -2.00. The molecule has 1 N–H and O–H groups in total. The molecule has 1 aromatic rings. The molecule has 8 nitrogen and oxygen atoms in total. The van der Waals surface area contributed by atoms with E-state index in [1.54, 1.807) is 0 Å². The summed E-state index contributed by atoms with van der Waals surface area (Å²) in [5.74, 6) is -0.666. The predicted octanol–water partition coefficient (Wildman–Crippen LogP) is 3.88. The third-order valence-electron chi connectivity index (χ3n) is 5.51. The second-order valence-electron chi connectivity index (χ2n) is 8.04. The third kappa shape index (κ3) is 7.36. The van der Waals surface area contributed by atoms with Crippen LogP contribution in [0.2, 0.25) is 0 Å². The number of carbonyl (C=O) groups is 2. The largest absolute Gasteiger partial charge is 0.481 e. The van der Waals surface area contributed by atoms with E-state index in [1.165, 1.54) is 12.8 Å². The van der Waals surface area contributed by atoms with Crippen molar-refractivity contribution in [2.75, 3.05) is 26.7 Å². The van der Waals surface area contributed by atoms with Gasteiger partial charge in [-0.25, -0.2) is 0 Å². The average Bonchev–Trinajstić information content (AvgIpc) is 3.16. The van der Waals surface area contributed by atoms with Crippen molar-refractivity contribution in [3.8, 4) is 5.88 Å². The zero-order valence-corrected chi connectivity index (χ0v) is 19.1. The van der Waals surface area contributed by atoms with Crippen molar-refractivity contribution in [1.29, 1.82) is 0 Å². The van der Waals surface area contributed by atoms with Gasteiger partial charge in [0.15, 0.2) is 0 Å². The average molecular weight is 441 g/mol. The van der Waals surface area contributed by atoms with Gasteiger partial charge in [-0.05, 0) is 12.8 Å². The van der Waals surface area contributed by atoms with Crippen LogP contribution in [-0.2, 0) is 14.3 Å². The molecule has 0 bridgehead atoms. The highest BCUT2D eigenvalue weighted by Crippen LogP contribution is 2.31. The lowest BCUT2D eigenvalue weighted by molar-refractivity contribution is -0.944. The SMILES string of the molecule is CCCCCCOc1nsnc1C1=CCC[N+](C)(C(C)OC(=O)CCCC(=O)O)C1. The van der Waals surface area contributed by atoms with Crippen LogP contribution in [0.3, 0.4) is 0 Å². The van der Waals surface area contributed by atoms with Crippen LogP contribution in [0.25, 0.3) is 5.57 Å². The van der Waals surface area contributed by atoms with Gasteiger partial charge in [-0.15, -0.1) is 4.37 Å². The molecule has 0 radical (unpaired) electrons. The van der Waals surface area contributed by atoms with Crippen molar-refractivity contribution >= 4 is 29.2 Å². The van der Waals surface area contributed by atoms with Gasteiger partial charge in [-0.1, -0.05) is 32.3 Å². The van der Waals surface area contributed by atoms with Gasteiger partial charge in [0.05, 0.1) is 31.9 Å². The molecule has 2 unspecified atom stereocenters. The Balaban J connectivity index is 1.92. The minimum absolute atomic E-state index is 0.0272. The molecule has 30 heavy (non-hydrogen) atoms. The molecule has 9 heteroatoms. The van der Waals surface area contributed by atoms with Crippen molar-refractivity contribution in [3.05, 3.63) is 11.8 Å². The fourth-order valence-corrected chi connectivity index (χ4v) is 4.01. The summed E-state index contributed by atoms with van der Waals surface area (Å²) < 4.78 is 20.8. The fraction of sp³-hybridized carbons (Fsp3) is 0.714. The Morgan fingerprint density at radius 3 is 2.77 bits per heavy atom. The maximum absolute atomic E-state index is 12.1. The topological polar surface area (TPSA) is 98.6 Å². The molecule has 0 aromatic carbocycles. The zero-order valence-electron chi connectivity index (χ0n) is 18.3. The monoisotopic (exact) mass is 440 g/mol. The number of nitrogens with zero attached hydrogens (tertiary/aromatic N) is 3. The number of hydrogen-bond donors (Lipinski definition) is 1. The van der Waals surface area contributed by atoms with Crippen molar-refractivity contribution < 1.29 is 28.7 Å². The minimum Gasteiger partial charge on any atom is -0.481 e. The molecule has 1 aliphatic rings. The summed E-state index contributed by atoms with van der Waals surface area (Å²) in [5.41, 5.74) is 1.86. The maximum atomic E-state index is 12.1. The smallest absolute Gasteiger partial charge is 0.310 e. The first kappa shape index (κ1) is 24.3. The summed E-state index contributed by atoms with van der Waals surface area (Å²) in [6, 6.07) is 0. The number of carboxylic acid groups (broad SMARTS) is 1. The van der Waals surface area contributed by atoms with Gasteiger partial charge in [0.25, 0.3) is 5.88 Å². The number of esters is 1. The molecule has 1 aromatic heterocycles. The molecule has 0 amide bonds. The first-order valence-corrected chi connectivity index (χ1v) is 11.5. The van der Waals surface area contributed by atoms with E-state index in [9.17, 15) is 9.59 Å². The molecule has 0 fully saturated rings. The number of unbranched alkanes of at least 4 members (excludes halogenated alkanes) is 3. The first-order valence-electron chi connectivity index (χ1n) is 10.8. The minimum atomic E-state index is -0.902. The molecular formula is C21H34N3O5S+. The van der Waals surface area contributed by atoms with E-state index in [0.29, 0.717) is 29.9 Å². The summed E-state index contributed by atoms with van der Waals surface area (Å²) >= 11 is 1.15. The fourth-order valence-electron chi connectivity index (χ4n) is 3.48. The summed E-state index contributed by atoms with van der Waals surface area (Å²) in [5, 5.41) is 8.71. The van der Waals surface area contributed by atoms with E-state index in [4.69, 9.17) is 14.6 Å². The predicted molar refractivity (Wildman–Crippen MR) is 115 cm³/mol. The van der Waals surface area contributed by atoms with Crippen LogP contribution in [0.15, 0.2) is 6.08 Å². The van der Waals surface area contributed by atoms with Gasteiger partial charge in [0, 0.05) is 31.8 Å². The highest BCUT2D eigenvalue weighted by atomic mass is 32.1. The molecule has 2 atom stereocenters. The number of carbonyl (C=O) groups excluding carboxylic acids is 1. The van der Waals surface area contributed by atoms with Gasteiger partial charge in [-0.3, -0.25) is 14.1 Å². The van der Waals surface area contributed by atoms with Crippen LogP contribution in [0.5, 0.6) is 5.88 Å². The number of aromatic nitrogens is 2. The van der Waals surface area contributed by atoms with Crippen LogP contribution in [0, 0.1) is 0 Å². The van der Waals surface area contributed by atoms with Crippen LogP contribution in [-0.4, -0.2) is 63.2 Å². The second-order valence-corrected chi connectivity index (χ2v) is 8.57. The molecule has 0 spiro atoms. The highest BCUT2D eigenvalue weighted by Gasteiger charge is 2.36. The Morgan fingerprint density at radius 2 is 2.03 bits per heavy atom. The third-order valence-corrected chi connectivity index (χ3v) is 6.02. The van der Waals surface area contributed by atoms with Crippen molar-refractivity contribution in [1.82, 2.24) is 8.75 Å².